The maximum Gasteiger partial charge on any atom is 0.248 e. The molecule has 0 radical (unpaired) electrons. The van der Waals surface area contributed by atoms with E-state index in [1.165, 1.54) is 4.90 Å². The van der Waals surface area contributed by atoms with Crippen molar-refractivity contribution in [1.29, 1.82) is 0 Å². The Labute approximate surface area is 112 Å². The molecule has 1 saturated heterocycles. The number of aromatic nitrogens is 1. The van der Waals surface area contributed by atoms with E-state index in [9.17, 15) is 9.59 Å². The standard InChI is InChI=1S/C13H19N3O3/c1-5-9-6-14-10(19-9)7-16-8(2)11(17)15-13(3,4)12(16)18/h6,8H,5,7H2,1-4H3,(H,15,17). The minimum Gasteiger partial charge on any atom is -0.444 e. The number of carbonyl (C=O) groups excluding carboxylic acids is 2. The Morgan fingerprint density at radius 3 is 2.74 bits per heavy atom. The monoisotopic (exact) mass is 265 g/mol. The molecule has 2 amide bonds. The first-order valence-electron chi connectivity index (χ1n) is 6.42. The highest BCUT2D eigenvalue weighted by Crippen LogP contribution is 2.20. The number of hydrogen-bond acceptors (Lipinski definition) is 4. The predicted molar refractivity (Wildman–Crippen MR) is 68.1 cm³/mol. The predicted octanol–water partition coefficient (Wildman–Crippen LogP) is 0.862. The summed E-state index contributed by atoms with van der Waals surface area (Å²) < 4.78 is 5.50. The second-order valence-electron chi connectivity index (χ2n) is 5.30. The molecule has 0 bridgehead atoms. The molecule has 1 N–H and O–H groups in total. The average molecular weight is 265 g/mol. The fourth-order valence-corrected chi connectivity index (χ4v) is 2.08. The summed E-state index contributed by atoms with van der Waals surface area (Å²) in [5, 5.41) is 2.71. The Kier molecular flexibility index (Phi) is 3.34. The summed E-state index contributed by atoms with van der Waals surface area (Å²) in [6.45, 7) is 7.27. The molecule has 1 aliphatic rings. The lowest BCUT2D eigenvalue weighted by Gasteiger charge is -2.40. The number of nitrogens with one attached hydrogen (secondary N) is 1. The van der Waals surface area contributed by atoms with Gasteiger partial charge in [0.25, 0.3) is 0 Å². The van der Waals surface area contributed by atoms with Crippen LogP contribution >= 0.6 is 0 Å². The molecule has 6 nitrogen and oxygen atoms in total. The van der Waals surface area contributed by atoms with Crippen LogP contribution in [0.4, 0.5) is 0 Å². The summed E-state index contributed by atoms with van der Waals surface area (Å²) in [5.41, 5.74) is -0.885. The van der Waals surface area contributed by atoms with Crippen LogP contribution in [0.25, 0.3) is 0 Å². The van der Waals surface area contributed by atoms with Crippen LogP contribution in [0.2, 0.25) is 0 Å². The largest absolute Gasteiger partial charge is 0.444 e. The van der Waals surface area contributed by atoms with Crippen LogP contribution in [-0.4, -0.2) is 33.3 Å². The lowest BCUT2D eigenvalue weighted by Crippen LogP contribution is -2.66. The summed E-state index contributed by atoms with van der Waals surface area (Å²) >= 11 is 0. The van der Waals surface area contributed by atoms with E-state index in [1.807, 2.05) is 6.92 Å². The van der Waals surface area contributed by atoms with Crippen molar-refractivity contribution in [2.75, 3.05) is 0 Å². The molecular weight excluding hydrogens is 246 g/mol. The van der Waals surface area contributed by atoms with Crippen LogP contribution in [-0.2, 0) is 22.6 Å². The van der Waals surface area contributed by atoms with Crippen molar-refractivity contribution in [3.63, 3.8) is 0 Å². The van der Waals surface area contributed by atoms with Crippen molar-refractivity contribution in [2.24, 2.45) is 0 Å². The second kappa shape index (κ2) is 4.68. The fourth-order valence-electron chi connectivity index (χ4n) is 2.08. The van der Waals surface area contributed by atoms with E-state index in [0.29, 0.717) is 5.89 Å². The van der Waals surface area contributed by atoms with Gasteiger partial charge in [-0.2, -0.15) is 0 Å². The van der Waals surface area contributed by atoms with E-state index in [4.69, 9.17) is 4.42 Å². The zero-order chi connectivity index (χ0) is 14.2. The van der Waals surface area contributed by atoms with Crippen LogP contribution < -0.4 is 5.32 Å². The molecule has 2 rings (SSSR count). The average Bonchev–Trinajstić information content (AvgIpc) is 2.80. The molecule has 1 aliphatic heterocycles. The van der Waals surface area contributed by atoms with Gasteiger partial charge in [-0.1, -0.05) is 6.92 Å². The van der Waals surface area contributed by atoms with Gasteiger partial charge in [-0.25, -0.2) is 4.98 Å². The Balaban J connectivity index is 2.21. The highest BCUT2D eigenvalue weighted by molar-refractivity contribution is 5.98. The van der Waals surface area contributed by atoms with Crippen LogP contribution in [0, 0.1) is 0 Å². The molecule has 0 saturated carbocycles. The number of amides is 2. The quantitative estimate of drug-likeness (QED) is 0.879. The number of nitrogens with zero attached hydrogens (tertiary/aromatic N) is 2. The molecule has 104 valence electrons. The molecule has 0 aliphatic carbocycles. The molecule has 1 unspecified atom stereocenters. The first-order valence-corrected chi connectivity index (χ1v) is 6.42. The van der Waals surface area contributed by atoms with Crippen molar-refractivity contribution >= 4 is 11.8 Å². The highest BCUT2D eigenvalue weighted by Gasteiger charge is 2.43. The maximum absolute atomic E-state index is 12.3. The lowest BCUT2D eigenvalue weighted by atomic mass is 9.97. The number of oxazole rings is 1. The Bertz CT molecular complexity index is 507. The molecular formula is C13H19N3O3. The van der Waals surface area contributed by atoms with Gasteiger partial charge < -0.3 is 14.6 Å². The van der Waals surface area contributed by atoms with Crippen LogP contribution in [0.3, 0.4) is 0 Å². The Hall–Kier alpha value is -1.85. The third-order valence-corrected chi connectivity index (χ3v) is 3.33. The van der Waals surface area contributed by atoms with Gasteiger partial charge in [-0.05, 0) is 20.8 Å². The summed E-state index contributed by atoms with van der Waals surface area (Å²) in [5.74, 6) is 0.945. The second-order valence-corrected chi connectivity index (χ2v) is 5.30. The number of piperazine rings is 1. The zero-order valence-corrected chi connectivity index (χ0v) is 11.7. The van der Waals surface area contributed by atoms with Crippen molar-refractivity contribution in [3.8, 4) is 0 Å². The summed E-state index contributed by atoms with van der Waals surface area (Å²) in [6.07, 6.45) is 2.40. The van der Waals surface area contributed by atoms with E-state index in [2.05, 4.69) is 10.3 Å². The molecule has 1 aromatic rings. The van der Waals surface area contributed by atoms with Crippen LogP contribution in [0.15, 0.2) is 10.6 Å². The van der Waals surface area contributed by atoms with Gasteiger partial charge in [0.05, 0.1) is 12.7 Å². The number of hydrogen-bond donors (Lipinski definition) is 1. The van der Waals surface area contributed by atoms with Crippen LogP contribution in [0.1, 0.15) is 39.3 Å². The lowest BCUT2D eigenvalue weighted by molar-refractivity contribution is -0.153. The minimum atomic E-state index is -0.885. The van der Waals surface area contributed by atoms with E-state index in [-0.39, 0.29) is 18.4 Å². The first kappa shape index (κ1) is 13.6. The normalized spacial score (nSPS) is 22.5. The summed E-state index contributed by atoms with van der Waals surface area (Å²) in [7, 11) is 0. The van der Waals surface area contributed by atoms with Crippen molar-refractivity contribution < 1.29 is 14.0 Å². The molecule has 19 heavy (non-hydrogen) atoms. The SMILES string of the molecule is CCc1cnc(CN2C(=O)C(C)(C)NC(=O)C2C)o1. The van der Waals surface area contributed by atoms with Gasteiger partial charge in [0.15, 0.2) is 0 Å². The van der Waals surface area contributed by atoms with Gasteiger partial charge in [0.1, 0.15) is 17.3 Å². The topological polar surface area (TPSA) is 75.4 Å². The fraction of sp³-hybridized carbons (Fsp3) is 0.615. The molecule has 0 spiro atoms. The molecule has 1 atom stereocenters. The molecule has 2 heterocycles. The first-order chi connectivity index (χ1) is 8.85. The highest BCUT2D eigenvalue weighted by atomic mass is 16.4. The Morgan fingerprint density at radius 2 is 2.16 bits per heavy atom. The molecule has 1 fully saturated rings. The van der Waals surface area contributed by atoms with Crippen molar-refractivity contribution in [2.45, 2.75) is 52.2 Å². The molecule has 6 heteroatoms. The van der Waals surface area contributed by atoms with Crippen molar-refractivity contribution in [1.82, 2.24) is 15.2 Å². The van der Waals surface area contributed by atoms with Gasteiger partial charge in [0, 0.05) is 6.42 Å². The zero-order valence-electron chi connectivity index (χ0n) is 11.7. The third kappa shape index (κ3) is 2.47. The summed E-state index contributed by atoms with van der Waals surface area (Å²) in [4.78, 5) is 29.8. The van der Waals surface area contributed by atoms with Gasteiger partial charge in [0.2, 0.25) is 17.7 Å². The molecule has 0 aromatic carbocycles. The summed E-state index contributed by atoms with van der Waals surface area (Å²) in [6, 6.07) is -0.516. The maximum atomic E-state index is 12.3. The smallest absolute Gasteiger partial charge is 0.248 e. The van der Waals surface area contributed by atoms with E-state index in [0.717, 1.165) is 12.2 Å². The third-order valence-electron chi connectivity index (χ3n) is 3.33. The van der Waals surface area contributed by atoms with E-state index in [1.54, 1.807) is 27.0 Å². The number of aryl methyl sites for hydroxylation is 1. The number of carbonyl (C=O) groups is 2. The van der Waals surface area contributed by atoms with Crippen molar-refractivity contribution in [3.05, 3.63) is 17.8 Å². The van der Waals surface area contributed by atoms with Gasteiger partial charge in [-0.15, -0.1) is 0 Å². The van der Waals surface area contributed by atoms with E-state index >= 15 is 0 Å². The Morgan fingerprint density at radius 1 is 1.47 bits per heavy atom. The van der Waals surface area contributed by atoms with Gasteiger partial charge in [-0.3, -0.25) is 9.59 Å². The molecule has 1 aromatic heterocycles. The van der Waals surface area contributed by atoms with Gasteiger partial charge >= 0.3 is 0 Å². The minimum absolute atomic E-state index is 0.129. The van der Waals surface area contributed by atoms with E-state index < -0.39 is 11.6 Å². The number of rotatable bonds is 3. The van der Waals surface area contributed by atoms with Crippen LogP contribution in [0.5, 0.6) is 0 Å².